The van der Waals surface area contributed by atoms with Crippen LogP contribution in [0.5, 0.6) is 5.75 Å². The van der Waals surface area contributed by atoms with E-state index in [1.54, 1.807) is 0 Å². The smallest absolute Gasteiger partial charge is 0.141 e. The standard InChI is InChI=1S/C16H24ClNO.ClH/c1-10(2)14-7-13(6-11(3)18)8-15(17)16(14)19-9-12-4-5-12;/h7-8,10-12H,4-6,9,18H2,1-3H3;1H. The van der Waals surface area contributed by atoms with Crippen LogP contribution in [0.4, 0.5) is 0 Å². The summed E-state index contributed by atoms with van der Waals surface area (Å²) in [6.45, 7) is 7.16. The van der Waals surface area contributed by atoms with E-state index in [1.165, 1.54) is 24.0 Å². The number of nitrogens with two attached hydrogens (primary N) is 1. The van der Waals surface area contributed by atoms with E-state index < -0.39 is 0 Å². The first kappa shape index (κ1) is 17.6. The van der Waals surface area contributed by atoms with Crippen LogP contribution in [0.2, 0.25) is 5.02 Å². The molecular weight excluding hydrogens is 293 g/mol. The van der Waals surface area contributed by atoms with Crippen LogP contribution in [0.25, 0.3) is 0 Å². The SMILES string of the molecule is CC(N)Cc1cc(Cl)c(OCC2CC2)c(C(C)C)c1.Cl. The van der Waals surface area contributed by atoms with Gasteiger partial charge in [-0.25, -0.2) is 0 Å². The molecule has 114 valence electrons. The highest BCUT2D eigenvalue weighted by Gasteiger charge is 2.23. The number of benzene rings is 1. The molecule has 2 rings (SSSR count). The summed E-state index contributed by atoms with van der Waals surface area (Å²) < 4.78 is 5.95. The van der Waals surface area contributed by atoms with Crippen molar-refractivity contribution in [2.45, 2.75) is 52.0 Å². The molecule has 1 aliphatic rings. The first-order valence-electron chi connectivity index (χ1n) is 7.18. The second-order valence-electron chi connectivity index (χ2n) is 6.09. The van der Waals surface area contributed by atoms with Crippen molar-refractivity contribution in [1.82, 2.24) is 0 Å². The molecule has 0 saturated heterocycles. The summed E-state index contributed by atoms with van der Waals surface area (Å²) in [5.41, 5.74) is 8.27. The van der Waals surface area contributed by atoms with Crippen LogP contribution in [0.3, 0.4) is 0 Å². The Morgan fingerprint density at radius 1 is 1.30 bits per heavy atom. The Morgan fingerprint density at radius 3 is 2.45 bits per heavy atom. The zero-order chi connectivity index (χ0) is 14.0. The second kappa shape index (κ2) is 7.53. The summed E-state index contributed by atoms with van der Waals surface area (Å²) in [7, 11) is 0. The van der Waals surface area contributed by atoms with Gasteiger partial charge in [0, 0.05) is 6.04 Å². The second-order valence-corrected chi connectivity index (χ2v) is 6.49. The van der Waals surface area contributed by atoms with Gasteiger partial charge in [0.1, 0.15) is 5.75 Å². The Morgan fingerprint density at radius 2 is 1.95 bits per heavy atom. The Hall–Kier alpha value is -0.440. The summed E-state index contributed by atoms with van der Waals surface area (Å²) in [5.74, 6) is 2.01. The third-order valence-electron chi connectivity index (χ3n) is 3.47. The van der Waals surface area contributed by atoms with Crippen molar-refractivity contribution in [3.63, 3.8) is 0 Å². The van der Waals surface area contributed by atoms with E-state index in [0.29, 0.717) is 5.92 Å². The average molecular weight is 318 g/mol. The minimum atomic E-state index is 0. The topological polar surface area (TPSA) is 35.2 Å². The van der Waals surface area contributed by atoms with Crippen LogP contribution in [0.15, 0.2) is 12.1 Å². The monoisotopic (exact) mass is 317 g/mol. The van der Waals surface area contributed by atoms with Crippen LogP contribution < -0.4 is 10.5 Å². The Kier molecular flexibility index (Phi) is 6.63. The molecule has 0 radical (unpaired) electrons. The Balaban J connectivity index is 0.00000200. The lowest BCUT2D eigenvalue weighted by Gasteiger charge is -2.18. The molecule has 1 aromatic rings. The molecule has 2 N–H and O–H groups in total. The third-order valence-corrected chi connectivity index (χ3v) is 3.75. The van der Waals surface area contributed by atoms with Crippen LogP contribution in [0.1, 0.15) is 50.7 Å². The summed E-state index contributed by atoms with van der Waals surface area (Å²) in [6.07, 6.45) is 3.43. The Labute approximate surface area is 133 Å². The number of ether oxygens (including phenoxy) is 1. The van der Waals surface area contributed by atoms with Crippen molar-refractivity contribution >= 4 is 24.0 Å². The lowest BCUT2D eigenvalue weighted by molar-refractivity contribution is 0.296. The number of hydrogen-bond acceptors (Lipinski definition) is 2. The normalized spacial score (nSPS) is 15.9. The van der Waals surface area contributed by atoms with Crippen molar-refractivity contribution in [1.29, 1.82) is 0 Å². The van der Waals surface area contributed by atoms with Gasteiger partial charge in [-0.05, 0) is 55.2 Å². The van der Waals surface area contributed by atoms with Gasteiger partial charge in [-0.15, -0.1) is 12.4 Å². The van der Waals surface area contributed by atoms with E-state index in [9.17, 15) is 0 Å². The van der Waals surface area contributed by atoms with Gasteiger partial charge in [-0.2, -0.15) is 0 Å². The fraction of sp³-hybridized carbons (Fsp3) is 0.625. The molecule has 1 aliphatic carbocycles. The van der Waals surface area contributed by atoms with Crippen LogP contribution in [-0.2, 0) is 6.42 Å². The summed E-state index contributed by atoms with van der Waals surface area (Å²) in [5, 5.41) is 0.725. The molecule has 0 bridgehead atoms. The Bertz CT molecular complexity index is 442. The summed E-state index contributed by atoms with van der Waals surface area (Å²) in [4.78, 5) is 0. The first-order valence-corrected chi connectivity index (χ1v) is 7.56. The lowest BCUT2D eigenvalue weighted by Crippen LogP contribution is -2.18. The number of hydrogen-bond donors (Lipinski definition) is 1. The lowest BCUT2D eigenvalue weighted by atomic mass is 9.97. The minimum Gasteiger partial charge on any atom is -0.491 e. The average Bonchev–Trinajstić information content (AvgIpc) is 3.09. The summed E-state index contributed by atoms with van der Waals surface area (Å²) >= 11 is 6.40. The molecule has 4 heteroatoms. The van der Waals surface area contributed by atoms with Crippen molar-refractivity contribution < 1.29 is 4.74 Å². The number of halogens is 2. The van der Waals surface area contributed by atoms with Gasteiger partial charge in [-0.1, -0.05) is 31.5 Å². The van der Waals surface area contributed by atoms with E-state index in [4.69, 9.17) is 22.1 Å². The molecule has 0 aromatic heterocycles. The van der Waals surface area contributed by atoms with Gasteiger partial charge in [0.05, 0.1) is 11.6 Å². The van der Waals surface area contributed by atoms with Gasteiger partial charge < -0.3 is 10.5 Å². The molecule has 2 nitrogen and oxygen atoms in total. The molecule has 1 saturated carbocycles. The number of rotatable bonds is 6. The van der Waals surface area contributed by atoms with Crippen LogP contribution in [-0.4, -0.2) is 12.6 Å². The van der Waals surface area contributed by atoms with Crippen LogP contribution >= 0.6 is 24.0 Å². The van der Waals surface area contributed by atoms with Gasteiger partial charge in [0.25, 0.3) is 0 Å². The maximum absolute atomic E-state index is 6.40. The molecule has 1 unspecified atom stereocenters. The maximum atomic E-state index is 6.40. The molecule has 1 fully saturated rings. The quantitative estimate of drug-likeness (QED) is 0.834. The predicted molar refractivity (Wildman–Crippen MR) is 88.4 cm³/mol. The van der Waals surface area contributed by atoms with Gasteiger partial charge in [-0.3, -0.25) is 0 Å². The maximum Gasteiger partial charge on any atom is 0.141 e. The molecule has 20 heavy (non-hydrogen) atoms. The molecule has 1 atom stereocenters. The fourth-order valence-electron chi connectivity index (χ4n) is 2.23. The first-order chi connectivity index (χ1) is 8.97. The molecule has 0 amide bonds. The molecular formula is C16H25Cl2NO. The molecule has 0 heterocycles. The van der Waals surface area contributed by atoms with Gasteiger partial charge in [0.2, 0.25) is 0 Å². The molecule has 0 aliphatic heterocycles. The fourth-order valence-corrected chi connectivity index (χ4v) is 2.53. The molecule has 1 aromatic carbocycles. The largest absolute Gasteiger partial charge is 0.491 e. The van der Waals surface area contributed by atoms with Gasteiger partial charge in [0.15, 0.2) is 0 Å². The van der Waals surface area contributed by atoms with E-state index in [-0.39, 0.29) is 18.4 Å². The van der Waals surface area contributed by atoms with E-state index >= 15 is 0 Å². The third kappa shape index (κ3) is 4.83. The molecule has 0 spiro atoms. The zero-order valence-corrected chi connectivity index (χ0v) is 14.1. The van der Waals surface area contributed by atoms with Crippen LogP contribution in [0, 0.1) is 5.92 Å². The minimum absolute atomic E-state index is 0. The predicted octanol–water partition coefficient (Wildman–Crippen LogP) is 4.56. The van der Waals surface area contributed by atoms with Crippen molar-refractivity contribution in [2.75, 3.05) is 6.61 Å². The van der Waals surface area contributed by atoms with E-state index in [2.05, 4.69) is 19.9 Å². The highest BCUT2D eigenvalue weighted by Crippen LogP contribution is 2.37. The van der Waals surface area contributed by atoms with Crippen molar-refractivity contribution in [3.05, 3.63) is 28.3 Å². The van der Waals surface area contributed by atoms with Crippen molar-refractivity contribution in [2.24, 2.45) is 11.7 Å². The highest BCUT2D eigenvalue weighted by atomic mass is 35.5. The van der Waals surface area contributed by atoms with Gasteiger partial charge >= 0.3 is 0 Å². The zero-order valence-electron chi connectivity index (χ0n) is 12.5. The summed E-state index contributed by atoms with van der Waals surface area (Å²) in [6, 6.07) is 4.34. The highest BCUT2D eigenvalue weighted by molar-refractivity contribution is 6.32. The van der Waals surface area contributed by atoms with E-state index in [0.717, 1.165) is 29.7 Å². The van der Waals surface area contributed by atoms with E-state index in [1.807, 2.05) is 13.0 Å². The van der Waals surface area contributed by atoms with Crippen molar-refractivity contribution in [3.8, 4) is 5.75 Å².